The standard InChI is InChI=1S/C36H40S/c1-17(2)31-26(11)33-32-18(3)14-13-15-29(32)36(35(31)33)30(24(9)21(6)22(7)27(12)37)16-28-23(8)19(4)20(5)25(10)34(28)36/h13-15,37H,1,12,16H2,2-11H3/b22-21-,30-24?. The summed E-state index contributed by atoms with van der Waals surface area (Å²) < 4.78 is 0. The van der Waals surface area contributed by atoms with Gasteiger partial charge in [0.1, 0.15) is 0 Å². The number of hydrogen-bond donors (Lipinski definition) is 1. The van der Waals surface area contributed by atoms with E-state index in [4.69, 9.17) is 0 Å². The fourth-order valence-corrected chi connectivity index (χ4v) is 7.69. The van der Waals surface area contributed by atoms with Crippen molar-refractivity contribution in [3.05, 3.63) is 131 Å². The Morgan fingerprint density at radius 1 is 0.838 bits per heavy atom. The fourth-order valence-electron chi connectivity index (χ4n) is 7.52. The molecule has 0 aliphatic heterocycles. The molecule has 3 aliphatic carbocycles. The maximum Gasteiger partial charge on any atom is 0.0694 e. The third-order valence-corrected chi connectivity index (χ3v) is 10.3. The van der Waals surface area contributed by atoms with Crippen LogP contribution in [0.25, 0.3) is 5.57 Å². The van der Waals surface area contributed by atoms with Gasteiger partial charge in [0.05, 0.1) is 5.41 Å². The molecule has 0 heterocycles. The lowest BCUT2D eigenvalue weighted by molar-refractivity contribution is 0.732. The minimum absolute atomic E-state index is 0.295. The number of fused-ring (bicyclic) bond motifs is 6. The molecular weight excluding hydrogens is 464 g/mol. The molecule has 0 bridgehead atoms. The highest BCUT2D eigenvalue weighted by molar-refractivity contribution is 7.84. The van der Waals surface area contributed by atoms with Gasteiger partial charge in [-0.3, -0.25) is 0 Å². The largest absolute Gasteiger partial charge is 0.144 e. The zero-order valence-corrected chi connectivity index (χ0v) is 25.2. The van der Waals surface area contributed by atoms with Crippen molar-refractivity contribution in [1.29, 1.82) is 0 Å². The summed E-state index contributed by atoms with van der Waals surface area (Å²) in [4.78, 5) is 0.839. The fraction of sp³-hybridized carbons (Fsp3) is 0.333. The maximum atomic E-state index is 4.63. The molecule has 37 heavy (non-hydrogen) atoms. The smallest absolute Gasteiger partial charge is 0.0694 e. The van der Waals surface area contributed by atoms with Crippen molar-refractivity contribution in [2.24, 2.45) is 0 Å². The van der Waals surface area contributed by atoms with Crippen LogP contribution < -0.4 is 0 Å². The molecule has 1 unspecified atom stereocenters. The van der Waals surface area contributed by atoms with Gasteiger partial charge < -0.3 is 0 Å². The lowest BCUT2D eigenvalue weighted by atomic mass is 9.61. The topological polar surface area (TPSA) is 0 Å². The second kappa shape index (κ2) is 8.37. The van der Waals surface area contributed by atoms with Gasteiger partial charge in [0.15, 0.2) is 0 Å². The van der Waals surface area contributed by atoms with Crippen LogP contribution in [0, 0.1) is 34.6 Å². The first-order valence-electron chi connectivity index (χ1n) is 13.4. The monoisotopic (exact) mass is 504 g/mol. The highest BCUT2D eigenvalue weighted by Gasteiger charge is 2.58. The van der Waals surface area contributed by atoms with Gasteiger partial charge in [0.25, 0.3) is 0 Å². The first-order valence-corrected chi connectivity index (χ1v) is 13.8. The van der Waals surface area contributed by atoms with E-state index in [9.17, 15) is 0 Å². The van der Waals surface area contributed by atoms with E-state index in [-0.39, 0.29) is 5.41 Å². The van der Waals surface area contributed by atoms with E-state index in [1.54, 1.807) is 0 Å². The van der Waals surface area contributed by atoms with Crippen LogP contribution in [0.5, 0.6) is 0 Å². The minimum Gasteiger partial charge on any atom is -0.144 e. The summed E-state index contributed by atoms with van der Waals surface area (Å²) in [5.74, 6) is 0. The Kier molecular flexibility index (Phi) is 5.85. The van der Waals surface area contributed by atoms with Crippen LogP contribution >= 0.6 is 12.6 Å². The molecule has 5 rings (SSSR count). The zero-order chi connectivity index (χ0) is 27.3. The summed E-state index contributed by atoms with van der Waals surface area (Å²) in [5, 5.41) is 0. The van der Waals surface area contributed by atoms with Crippen molar-refractivity contribution in [3.8, 4) is 0 Å². The van der Waals surface area contributed by atoms with Crippen LogP contribution in [-0.4, -0.2) is 0 Å². The SMILES string of the molecule is C=C(C)C1=C(C)C2=C1C1(C(=C(C)/C(C)=C(/C)C(=C)S)Cc3c(C)c(C)c(C)c(C)c31)c1cccc(C)c12. The predicted molar refractivity (Wildman–Crippen MR) is 165 cm³/mol. The summed E-state index contributed by atoms with van der Waals surface area (Å²) >= 11 is 4.63. The van der Waals surface area contributed by atoms with Crippen LogP contribution in [0.4, 0.5) is 0 Å². The summed E-state index contributed by atoms with van der Waals surface area (Å²) in [6.45, 7) is 31.4. The van der Waals surface area contributed by atoms with Gasteiger partial charge in [-0.05, 0) is 175 Å². The average molecular weight is 505 g/mol. The van der Waals surface area contributed by atoms with Crippen molar-refractivity contribution >= 4 is 18.2 Å². The molecule has 0 amide bonds. The molecule has 0 nitrogen and oxygen atoms in total. The highest BCUT2D eigenvalue weighted by Crippen LogP contribution is 2.69. The lowest BCUT2D eigenvalue weighted by Gasteiger charge is -2.40. The van der Waals surface area contributed by atoms with Crippen molar-refractivity contribution in [3.63, 3.8) is 0 Å². The van der Waals surface area contributed by atoms with Gasteiger partial charge in [-0.15, -0.1) is 12.6 Å². The lowest BCUT2D eigenvalue weighted by Crippen LogP contribution is -2.33. The molecule has 190 valence electrons. The number of benzene rings is 2. The van der Waals surface area contributed by atoms with Crippen LogP contribution in [-0.2, 0) is 11.8 Å². The van der Waals surface area contributed by atoms with E-state index in [0.29, 0.717) is 0 Å². The third-order valence-electron chi connectivity index (χ3n) is 9.99. The van der Waals surface area contributed by atoms with Crippen molar-refractivity contribution in [2.45, 2.75) is 81.1 Å². The summed E-state index contributed by atoms with van der Waals surface area (Å²) in [7, 11) is 0. The number of allylic oxidation sites excluding steroid dienone is 9. The Labute approximate surface area is 229 Å². The van der Waals surface area contributed by atoms with E-state index in [1.807, 2.05) is 0 Å². The molecule has 1 heteroatoms. The van der Waals surface area contributed by atoms with Crippen LogP contribution in [0.1, 0.15) is 84.7 Å². The van der Waals surface area contributed by atoms with E-state index in [2.05, 4.69) is 113 Å². The van der Waals surface area contributed by atoms with Crippen LogP contribution in [0.3, 0.4) is 0 Å². The maximum absolute atomic E-state index is 4.63. The molecule has 3 aliphatic rings. The second-order valence-corrected chi connectivity index (χ2v) is 12.1. The zero-order valence-electron chi connectivity index (χ0n) is 24.3. The summed E-state index contributed by atoms with van der Waals surface area (Å²) in [6.07, 6.45) is 0.964. The molecule has 1 spiro atoms. The Morgan fingerprint density at radius 2 is 1.46 bits per heavy atom. The Morgan fingerprint density at radius 3 is 2.05 bits per heavy atom. The van der Waals surface area contributed by atoms with Crippen LogP contribution in [0.2, 0.25) is 0 Å². The second-order valence-electron chi connectivity index (χ2n) is 11.6. The number of aryl methyl sites for hydroxylation is 1. The minimum atomic E-state index is -0.295. The van der Waals surface area contributed by atoms with Crippen LogP contribution in [0.15, 0.2) is 80.8 Å². The first-order chi connectivity index (χ1) is 17.3. The highest BCUT2D eigenvalue weighted by atomic mass is 32.1. The molecule has 0 aromatic heterocycles. The molecule has 0 saturated heterocycles. The van der Waals surface area contributed by atoms with E-state index < -0.39 is 0 Å². The van der Waals surface area contributed by atoms with Gasteiger partial charge in [0.2, 0.25) is 0 Å². The summed E-state index contributed by atoms with van der Waals surface area (Å²) in [6, 6.07) is 6.94. The Balaban J connectivity index is 2.05. The van der Waals surface area contributed by atoms with Gasteiger partial charge in [-0.1, -0.05) is 36.9 Å². The summed E-state index contributed by atoms with van der Waals surface area (Å²) in [5.41, 5.74) is 24.9. The first kappa shape index (κ1) is 25.9. The molecule has 2 aromatic rings. The quantitative estimate of drug-likeness (QED) is 0.312. The van der Waals surface area contributed by atoms with E-state index in [1.165, 1.54) is 89.1 Å². The number of rotatable bonds is 3. The van der Waals surface area contributed by atoms with Crippen molar-refractivity contribution in [1.82, 2.24) is 0 Å². The Bertz CT molecular complexity index is 1610. The molecule has 0 saturated carbocycles. The average Bonchev–Trinajstić information content (AvgIpc) is 3.32. The molecule has 2 aromatic carbocycles. The number of hydrogen-bond acceptors (Lipinski definition) is 1. The molecule has 0 fully saturated rings. The number of thiol groups is 1. The molecule has 0 radical (unpaired) electrons. The van der Waals surface area contributed by atoms with Crippen molar-refractivity contribution < 1.29 is 0 Å². The van der Waals surface area contributed by atoms with E-state index in [0.717, 1.165) is 22.5 Å². The van der Waals surface area contributed by atoms with Crippen molar-refractivity contribution in [2.75, 3.05) is 0 Å². The molecule has 0 N–H and O–H groups in total. The third kappa shape index (κ3) is 3.04. The Hall–Kier alpha value is -2.77. The van der Waals surface area contributed by atoms with E-state index >= 15 is 0 Å². The predicted octanol–water partition coefficient (Wildman–Crippen LogP) is 9.84. The normalized spacial score (nSPS) is 21.6. The van der Waals surface area contributed by atoms with Gasteiger partial charge in [-0.25, -0.2) is 0 Å². The van der Waals surface area contributed by atoms with Gasteiger partial charge in [-0.2, -0.15) is 0 Å². The van der Waals surface area contributed by atoms with Gasteiger partial charge >= 0.3 is 0 Å². The van der Waals surface area contributed by atoms with Gasteiger partial charge in [0, 0.05) is 0 Å². The molecule has 1 atom stereocenters. The molecular formula is C36H40S.